The maximum Gasteiger partial charge on any atom is 0.0458 e. The van der Waals surface area contributed by atoms with Crippen LogP contribution in [-0.2, 0) is 13.0 Å². The van der Waals surface area contributed by atoms with E-state index >= 15 is 0 Å². The number of nitrogens with zero attached hydrogens (tertiary/aromatic N) is 1. The van der Waals surface area contributed by atoms with Crippen molar-refractivity contribution in [3.8, 4) is 0 Å². The molecule has 0 radical (unpaired) electrons. The molecule has 3 heteroatoms. The second-order valence-corrected chi connectivity index (χ2v) is 3.54. The van der Waals surface area contributed by atoms with Gasteiger partial charge in [-0.2, -0.15) is 0 Å². The predicted molar refractivity (Wildman–Crippen MR) is 59.7 cm³/mol. The Morgan fingerprint density at radius 3 is 2.93 bits per heavy atom. The molecule has 15 heavy (non-hydrogen) atoms. The summed E-state index contributed by atoms with van der Waals surface area (Å²) in [6.07, 6.45) is 4.75. The topological polar surface area (TPSA) is 45.2 Å². The molecule has 0 bridgehead atoms. The minimum atomic E-state index is 0.465. The molecule has 1 heterocycles. The van der Waals surface area contributed by atoms with Crippen LogP contribution in [-0.4, -0.2) is 10.2 Å². The Kier molecular flexibility index (Phi) is 2.94. The summed E-state index contributed by atoms with van der Waals surface area (Å²) in [5.41, 5.74) is 4.47. The van der Waals surface area contributed by atoms with Gasteiger partial charge in [0, 0.05) is 24.3 Å². The molecule has 0 amide bonds. The SMILES string of the molecule is CCc1cncc2cc(CNO)ccc12. The highest BCUT2D eigenvalue weighted by Gasteiger charge is 2.00. The number of aryl methyl sites for hydroxylation is 1. The third-order valence-corrected chi connectivity index (χ3v) is 2.57. The fourth-order valence-corrected chi connectivity index (χ4v) is 1.77. The normalized spacial score (nSPS) is 10.8. The van der Waals surface area contributed by atoms with Gasteiger partial charge in [-0.25, -0.2) is 5.48 Å². The molecule has 2 aromatic rings. The number of rotatable bonds is 3. The van der Waals surface area contributed by atoms with Gasteiger partial charge in [-0.1, -0.05) is 19.1 Å². The first-order valence-corrected chi connectivity index (χ1v) is 5.07. The molecule has 1 aromatic heterocycles. The zero-order valence-corrected chi connectivity index (χ0v) is 8.70. The highest BCUT2D eigenvalue weighted by Crippen LogP contribution is 2.19. The summed E-state index contributed by atoms with van der Waals surface area (Å²) < 4.78 is 0. The Balaban J connectivity index is 2.53. The quantitative estimate of drug-likeness (QED) is 0.750. The van der Waals surface area contributed by atoms with E-state index in [9.17, 15) is 0 Å². The summed E-state index contributed by atoms with van der Waals surface area (Å²) in [5, 5.41) is 11.0. The van der Waals surface area contributed by atoms with Gasteiger partial charge in [0.25, 0.3) is 0 Å². The molecule has 0 fully saturated rings. The molecule has 0 unspecified atom stereocenters. The molecule has 0 spiro atoms. The molecule has 0 aliphatic rings. The second-order valence-electron chi connectivity index (χ2n) is 3.54. The average molecular weight is 202 g/mol. The van der Waals surface area contributed by atoms with Gasteiger partial charge >= 0.3 is 0 Å². The number of fused-ring (bicyclic) bond motifs is 1. The molecule has 1 aromatic carbocycles. The molecular weight excluding hydrogens is 188 g/mol. The van der Waals surface area contributed by atoms with Crippen molar-refractivity contribution < 1.29 is 5.21 Å². The molecule has 2 N–H and O–H groups in total. The Hall–Kier alpha value is -1.45. The minimum Gasteiger partial charge on any atom is -0.316 e. The fourth-order valence-electron chi connectivity index (χ4n) is 1.77. The number of hydroxylamine groups is 1. The lowest BCUT2D eigenvalue weighted by atomic mass is 10.0. The summed E-state index contributed by atoms with van der Waals surface area (Å²) in [7, 11) is 0. The highest BCUT2D eigenvalue weighted by molar-refractivity contribution is 5.85. The van der Waals surface area contributed by atoms with Gasteiger partial charge < -0.3 is 5.21 Å². The molecule has 0 aliphatic heterocycles. The zero-order chi connectivity index (χ0) is 10.7. The van der Waals surface area contributed by atoms with E-state index < -0.39 is 0 Å². The Morgan fingerprint density at radius 2 is 2.20 bits per heavy atom. The standard InChI is InChI=1S/C12H14N2O/c1-2-10-7-13-8-11-5-9(6-14-15)3-4-12(10)11/h3-5,7-8,14-15H,2,6H2,1H3. The summed E-state index contributed by atoms with van der Waals surface area (Å²) >= 11 is 0. The van der Waals surface area contributed by atoms with Crippen LogP contribution in [0.15, 0.2) is 30.6 Å². The zero-order valence-electron chi connectivity index (χ0n) is 8.70. The number of aromatic nitrogens is 1. The summed E-state index contributed by atoms with van der Waals surface area (Å²) in [4.78, 5) is 4.20. The average Bonchev–Trinajstić information content (AvgIpc) is 2.28. The Bertz CT molecular complexity index is 468. The smallest absolute Gasteiger partial charge is 0.0458 e. The van der Waals surface area contributed by atoms with Crippen LogP contribution in [0, 0.1) is 0 Å². The first-order chi connectivity index (χ1) is 7.35. The second kappa shape index (κ2) is 4.38. The number of hydrogen-bond donors (Lipinski definition) is 2. The summed E-state index contributed by atoms with van der Waals surface area (Å²) in [6, 6.07) is 6.15. The van der Waals surface area contributed by atoms with Crippen LogP contribution in [0.4, 0.5) is 0 Å². The molecule has 0 atom stereocenters. The molecule has 0 saturated heterocycles. The fraction of sp³-hybridized carbons (Fsp3) is 0.250. The monoisotopic (exact) mass is 202 g/mol. The number of hydrogen-bond acceptors (Lipinski definition) is 3. The van der Waals surface area contributed by atoms with Crippen molar-refractivity contribution in [1.29, 1.82) is 0 Å². The van der Waals surface area contributed by atoms with Crippen molar-refractivity contribution in [2.24, 2.45) is 0 Å². The number of pyridine rings is 1. The molecule has 3 nitrogen and oxygen atoms in total. The van der Waals surface area contributed by atoms with Crippen molar-refractivity contribution in [2.75, 3.05) is 0 Å². The van der Waals surface area contributed by atoms with E-state index in [1.54, 1.807) is 0 Å². The molecule has 0 aliphatic carbocycles. The lowest BCUT2D eigenvalue weighted by Gasteiger charge is -2.05. The van der Waals surface area contributed by atoms with Crippen LogP contribution >= 0.6 is 0 Å². The first-order valence-electron chi connectivity index (χ1n) is 5.07. The van der Waals surface area contributed by atoms with E-state index in [1.165, 1.54) is 10.9 Å². The van der Waals surface area contributed by atoms with E-state index in [0.717, 1.165) is 17.4 Å². The van der Waals surface area contributed by atoms with Crippen molar-refractivity contribution >= 4 is 10.8 Å². The van der Waals surface area contributed by atoms with Gasteiger partial charge in [0.05, 0.1) is 0 Å². The largest absolute Gasteiger partial charge is 0.316 e. The van der Waals surface area contributed by atoms with Gasteiger partial charge in [0.15, 0.2) is 0 Å². The first kappa shape index (κ1) is 10.1. The van der Waals surface area contributed by atoms with Gasteiger partial charge in [-0.3, -0.25) is 4.98 Å². The van der Waals surface area contributed by atoms with Crippen LogP contribution < -0.4 is 5.48 Å². The molecular formula is C12H14N2O. The molecule has 78 valence electrons. The summed E-state index contributed by atoms with van der Waals surface area (Å²) in [5.74, 6) is 0. The maximum atomic E-state index is 8.63. The van der Waals surface area contributed by atoms with E-state index in [2.05, 4.69) is 23.5 Å². The van der Waals surface area contributed by atoms with Crippen LogP contribution in [0.1, 0.15) is 18.1 Å². The maximum absolute atomic E-state index is 8.63. The lowest BCUT2D eigenvalue weighted by Crippen LogP contribution is -2.05. The summed E-state index contributed by atoms with van der Waals surface area (Å²) in [6.45, 7) is 2.59. The van der Waals surface area contributed by atoms with Crippen molar-refractivity contribution in [3.05, 3.63) is 41.7 Å². The van der Waals surface area contributed by atoms with Crippen LogP contribution in [0.3, 0.4) is 0 Å². The van der Waals surface area contributed by atoms with E-state index in [1.807, 2.05) is 24.5 Å². The molecule has 2 rings (SSSR count). The molecule has 0 saturated carbocycles. The van der Waals surface area contributed by atoms with Gasteiger partial charge in [-0.15, -0.1) is 0 Å². The van der Waals surface area contributed by atoms with Crippen molar-refractivity contribution in [1.82, 2.24) is 10.5 Å². The minimum absolute atomic E-state index is 0.465. The van der Waals surface area contributed by atoms with Crippen LogP contribution in [0.25, 0.3) is 10.8 Å². The predicted octanol–water partition coefficient (Wildman–Crippen LogP) is 2.28. The van der Waals surface area contributed by atoms with E-state index in [-0.39, 0.29) is 0 Å². The number of benzene rings is 1. The van der Waals surface area contributed by atoms with Crippen LogP contribution in [0.2, 0.25) is 0 Å². The van der Waals surface area contributed by atoms with E-state index in [4.69, 9.17) is 5.21 Å². The van der Waals surface area contributed by atoms with Gasteiger partial charge in [-0.05, 0) is 29.0 Å². The van der Waals surface area contributed by atoms with Gasteiger partial charge in [0.1, 0.15) is 0 Å². The Morgan fingerprint density at radius 1 is 1.33 bits per heavy atom. The highest BCUT2D eigenvalue weighted by atomic mass is 16.5. The van der Waals surface area contributed by atoms with Gasteiger partial charge in [0.2, 0.25) is 0 Å². The Labute approximate surface area is 88.7 Å². The van der Waals surface area contributed by atoms with Crippen molar-refractivity contribution in [2.45, 2.75) is 19.9 Å². The lowest BCUT2D eigenvalue weighted by molar-refractivity contribution is 0.161. The van der Waals surface area contributed by atoms with Crippen LogP contribution in [0.5, 0.6) is 0 Å². The number of nitrogens with one attached hydrogen (secondary N) is 1. The third-order valence-electron chi connectivity index (χ3n) is 2.57. The van der Waals surface area contributed by atoms with Crippen molar-refractivity contribution in [3.63, 3.8) is 0 Å². The van der Waals surface area contributed by atoms with E-state index in [0.29, 0.717) is 6.54 Å². The third kappa shape index (κ3) is 1.98.